The predicted molar refractivity (Wildman–Crippen MR) is 109 cm³/mol. The third-order valence-corrected chi connectivity index (χ3v) is 5.20. The number of phenolic OH excluding ortho intramolecular Hbond substituents is 1. The number of phenols is 1. The Bertz CT molecular complexity index is 1070. The highest BCUT2D eigenvalue weighted by molar-refractivity contribution is 6.02. The first-order chi connectivity index (χ1) is 14.2. The van der Waals surface area contributed by atoms with Crippen molar-refractivity contribution in [1.82, 2.24) is 9.99 Å². The molecule has 29 heavy (non-hydrogen) atoms. The molecule has 2 aliphatic heterocycles. The van der Waals surface area contributed by atoms with Gasteiger partial charge in [-0.3, -0.25) is 4.98 Å². The van der Waals surface area contributed by atoms with Gasteiger partial charge in [0, 0.05) is 23.7 Å². The summed E-state index contributed by atoms with van der Waals surface area (Å²) < 4.78 is 12.2. The van der Waals surface area contributed by atoms with Crippen LogP contribution in [0.2, 0.25) is 0 Å². The van der Waals surface area contributed by atoms with Gasteiger partial charge in [-0.15, -0.1) is 0 Å². The Hall–Kier alpha value is -3.54. The lowest BCUT2D eigenvalue weighted by molar-refractivity contribution is -0.0240. The number of benzene rings is 2. The van der Waals surface area contributed by atoms with E-state index in [1.54, 1.807) is 18.3 Å². The van der Waals surface area contributed by atoms with E-state index >= 15 is 0 Å². The summed E-state index contributed by atoms with van der Waals surface area (Å²) in [4.78, 5) is 4.51. The van der Waals surface area contributed by atoms with Gasteiger partial charge in [-0.25, -0.2) is 5.01 Å². The molecule has 0 fully saturated rings. The van der Waals surface area contributed by atoms with E-state index in [1.165, 1.54) is 0 Å². The summed E-state index contributed by atoms with van der Waals surface area (Å²) in [6.45, 7) is 2.52. The van der Waals surface area contributed by atoms with E-state index in [0.29, 0.717) is 13.0 Å². The van der Waals surface area contributed by atoms with Gasteiger partial charge >= 0.3 is 0 Å². The first kappa shape index (κ1) is 17.6. The van der Waals surface area contributed by atoms with Gasteiger partial charge in [0.1, 0.15) is 11.4 Å². The van der Waals surface area contributed by atoms with Crippen molar-refractivity contribution in [2.24, 2.45) is 5.10 Å². The minimum atomic E-state index is -0.454. The second-order valence-electron chi connectivity index (χ2n) is 7.03. The van der Waals surface area contributed by atoms with Crippen molar-refractivity contribution in [1.29, 1.82) is 0 Å². The van der Waals surface area contributed by atoms with Crippen molar-refractivity contribution in [2.75, 3.05) is 6.61 Å². The molecule has 5 rings (SSSR count). The monoisotopic (exact) mass is 387 g/mol. The summed E-state index contributed by atoms with van der Waals surface area (Å²) in [7, 11) is 0. The molecule has 1 N–H and O–H groups in total. The summed E-state index contributed by atoms with van der Waals surface area (Å²) in [5.74, 6) is 1.71. The molecule has 0 aliphatic carbocycles. The van der Waals surface area contributed by atoms with Crippen molar-refractivity contribution >= 4 is 5.71 Å². The lowest BCUT2D eigenvalue weighted by Crippen LogP contribution is -2.34. The average molecular weight is 387 g/mol. The fourth-order valence-corrected chi connectivity index (χ4v) is 3.93. The first-order valence-electron chi connectivity index (χ1n) is 9.73. The lowest BCUT2D eigenvalue weighted by Gasteiger charge is -2.38. The molecule has 2 atom stereocenters. The van der Waals surface area contributed by atoms with Crippen LogP contribution in [0.25, 0.3) is 0 Å². The number of aromatic hydroxyl groups is 1. The SMILES string of the molecule is CCOc1cccc2c1OC(c1ccccn1)N1N=C(c3cccc(O)c3)CC21. The van der Waals surface area contributed by atoms with Gasteiger partial charge in [0.05, 0.1) is 18.4 Å². The molecule has 0 amide bonds. The number of pyridine rings is 1. The minimum Gasteiger partial charge on any atom is -0.508 e. The Kier molecular flexibility index (Phi) is 4.31. The maximum atomic E-state index is 9.90. The summed E-state index contributed by atoms with van der Waals surface area (Å²) in [6.07, 6.45) is 2.01. The van der Waals surface area contributed by atoms with Gasteiger partial charge in [-0.1, -0.05) is 30.3 Å². The number of hydrogen-bond donors (Lipinski definition) is 1. The number of nitrogens with zero attached hydrogens (tertiary/aromatic N) is 3. The molecule has 2 aliphatic rings. The zero-order chi connectivity index (χ0) is 19.8. The van der Waals surface area contributed by atoms with Crippen molar-refractivity contribution in [2.45, 2.75) is 25.6 Å². The van der Waals surface area contributed by atoms with E-state index in [-0.39, 0.29) is 11.8 Å². The smallest absolute Gasteiger partial charge is 0.230 e. The van der Waals surface area contributed by atoms with Crippen LogP contribution in [0.1, 0.15) is 42.4 Å². The molecule has 6 heteroatoms. The second kappa shape index (κ2) is 7.13. The summed E-state index contributed by atoms with van der Waals surface area (Å²) in [6, 6.07) is 18.9. The molecule has 0 spiro atoms. The molecule has 0 bridgehead atoms. The number of para-hydroxylation sites is 1. The van der Waals surface area contributed by atoms with Crippen LogP contribution >= 0.6 is 0 Å². The third-order valence-electron chi connectivity index (χ3n) is 5.20. The lowest BCUT2D eigenvalue weighted by atomic mass is 9.96. The van der Waals surface area contributed by atoms with E-state index in [9.17, 15) is 5.11 Å². The fourth-order valence-electron chi connectivity index (χ4n) is 3.93. The number of hydrogen-bond acceptors (Lipinski definition) is 6. The highest BCUT2D eigenvalue weighted by Crippen LogP contribution is 2.50. The van der Waals surface area contributed by atoms with Gasteiger partial charge < -0.3 is 14.6 Å². The average Bonchev–Trinajstić information content (AvgIpc) is 3.20. The van der Waals surface area contributed by atoms with Gasteiger partial charge in [-0.2, -0.15) is 5.10 Å². The molecule has 2 aromatic carbocycles. The molecule has 0 radical (unpaired) electrons. The molecule has 0 saturated heterocycles. The fraction of sp³-hybridized carbons (Fsp3) is 0.217. The van der Waals surface area contributed by atoms with E-state index < -0.39 is 6.23 Å². The molecule has 146 valence electrons. The zero-order valence-electron chi connectivity index (χ0n) is 16.0. The highest BCUT2D eigenvalue weighted by Gasteiger charge is 2.42. The number of ether oxygens (including phenoxy) is 2. The number of rotatable bonds is 4. The summed E-state index contributed by atoms with van der Waals surface area (Å²) in [5.41, 5.74) is 3.64. The number of aromatic nitrogens is 1. The maximum Gasteiger partial charge on any atom is 0.230 e. The largest absolute Gasteiger partial charge is 0.508 e. The Labute approximate surface area is 169 Å². The Morgan fingerprint density at radius 1 is 1.14 bits per heavy atom. The maximum absolute atomic E-state index is 9.90. The minimum absolute atomic E-state index is 0.00325. The highest BCUT2D eigenvalue weighted by atomic mass is 16.5. The summed E-state index contributed by atoms with van der Waals surface area (Å²) >= 11 is 0. The standard InChI is InChI=1S/C23H21N3O3/c1-2-28-21-11-6-9-17-20-14-19(15-7-5-8-16(27)13-15)25-26(20)23(29-22(17)21)18-10-3-4-12-24-18/h3-13,20,23,27H,2,14H2,1H3. The summed E-state index contributed by atoms with van der Waals surface area (Å²) in [5, 5.41) is 16.8. The molecular weight excluding hydrogens is 366 g/mol. The van der Waals surface area contributed by atoms with E-state index in [4.69, 9.17) is 14.6 Å². The quantitative estimate of drug-likeness (QED) is 0.717. The van der Waals surface area contributed by atoms with E-state index in [1.807, 2.05) is 54.4 Å². The van der Waals surface area contributed by atoms with Gasteiger partial charge in [-0.05, 0) is 37.3 Å². The van der Waals surface area contributed by atoms with Crippen LogP contribution < -0.4 is 9.47 Å². The Morgan fingerprint density at radius 3 is 2.83 bits per heavy atom. The van der Waals surface area contributed by atoms with Gasteiger partial charge in [0.2, 0.25) is 6.23 Å². The van der Waals surface area contributed by atoms with Gasteiger partial charge in [0.25, 0.3) is 0 Å². The number of hydrazone groups is 1. The van der Waals surface area contributed by atoms with Crippen LogP contribution in [0.5, 0.6) is 17.2 Å². The van der Waals surface area contributed by atoms with Crippen molar-refractivity contribution in [3.05, 3.63) is 83.7 Å². The van der Waals surface area contributed by atoms with Crippen LogP contribution in [0.4, 0.5) is 0 Å². The molecule has 6 nitrogen and oxygen atoms in total. The van der Waals surface area contributed by atoms with Crippen LogP contribution in [0.15, 0.2) is 72.0 Å². The van der Waals surface area contributed by atoms with E-state index in [0.717, 1.165) is 34.0 Å². The second-order valence-corrected chi connectivity index (χ2v) is 7.03. The molecular formula is C23H21N3O3. The molecule has 0 saturated carbocycles. The first-order valence-corrected chi connectivity index (χ1v) is 9.73. The molecule has 3 heterocycles. The normalized spacial score (nSPS) is 19.8. The van der Waals surface area contributed by atoms with Crippen LogP contribution in [0, 0.1) is 0 Å². The van der Waals surface area contributed by atoms with Crippen LogP contribution in [-0.2, 0) is 0 Å². The molecule has 1 aromatic heterocycles. The third kappa shape index (κ3) is 3.06. The topological polar surface area (TPSA) is 67.2 Å². The van der Waals surface area contributed by atoms with E-state index in [2.05, 4.69) is 11.1 Å². The van der Waals surface area contributed by atoms with Crippen LogP contribution in [-0.4, -0.2) is 27.4 Å². The van der Waals surface area contributed by atoms with Crippen molar-refractivity contribution in [3.8, 4) is 17.2 Å². The van der Waals surface area contributed by atoms with Crippen LogP contribution in [0.3, 0.4) is 0 Å². The predicted octanol–water partition coefficient (Wildman–Crippen LogP) is 4.43. The zero-order valence-corrected chi connectivity index (χ0v) is 16.0. The Morgan fingerprint density at radius 2 is 2.03 bits per heavy atom. The Balaban J connectivity index is 1.61. The number of fused-ring (bicyclic) bond motifs is 3. The van der Waals surface area contributed by atoms with Gasteiger partial charge in [0.15, 0.2) is 11.5 Å². The van der Waals surface area contributed by atoms with Crippen molar-refractivity contribution < 1.29 is 14.6 Å². The molecule has 2 unspecified atom stereocenters. The van der Waals surface area contributed by atoms with Crippen molar-refractivity contribution in [3.63, 3.8) is 0 Å². The molecule has 3 aromatic rings.